The number of ketones is 1. The van der Waals surface area contributed by atoms with Crippen molar-refractivity contribution in [1.82, 2.24) is 0 Å². The molecule has 0 spiro atoms. The normalized spacial score (nSPS) is 11.9. The minimum Gasteiger partial charge on any atom is -0.466 e. The maximum atomic E-state index is 12.6. The summed E-state index contributed by atoms with van der Waals surface area (Å²) in [5.74, 6) is -1.80. The summed E-state index contributed by atoms with van der Waals surface area (Å²) < 4.78 is 29.0. The van der Waals surface area contributed by atoms with Crippen LogP contribution in [0.1, 0.15) is 13.3 Å². The number of carbonyl (C=O) groups excluding carboxylic acids is 2. The van der Waals surface area contributed by atoms with Gasteiger partial charge in [0.2, 0.25) is 0 Å². The Hall–Kier alpha value is -1.56. The van der Waals surface area contributed by atoms with Crippen LogP contribution in [0.4, 0.5) is 4.39 Å². The molecule has 0 saturated heterocycles. The lowest BCUT2D eigenvalue weighted by Crippen LogP contribution is -2.17. The number of rotatable bonds is 6. The maximum Gasteiger partial charge on any atom is 0.313 e. The Morgan fingerprint density at radius 1 is 1.28 bits per heavy atom. The van der Waals surface area contributed by atoms with Crippen LogP contribution in [0.2, 0.25) is 0 Å². The zero-order valence-electron chi connectivity index (χ0n) is 9.85. The van der Waals surface area contributed by atoms with Crippen molar-refractivity contribution in [1.29, 1.82) is 0 Å². The predicted octanol–water partition coefficient (Wildman–Crippen LogP) is 1.46. The summed E-state index contributed by atoms with van der Waals surface area (Å²) in [5.41, 5.74) is 0. The van der Waals surface area contributed by atoms with Gasteiger partial charge >= 0.3 is 5.97 Å². The summed E-state index contributed by atoms with van der Waals surface area (Å²) in [6.45, 7) is 1.84. The van der Waals surface area contributed by atoms with E-state index in [1.54, 1.807) is 6.92 Å². The number of Topliss-reactive ketones (excluding diaryl/α,β-unsaturated/α-hetero) is 1. The van der Waals surface area contributed by atoms with Gasteiger partial charge in [0.05, 0.1) is 23.2 Å². The average molecular weight is 272 g/mol. The Morgan fingerprint density at radius 3 is 2.44 bits per heavy atom. The molecule has 0 aliphatic rings. The third-order valence-corrected chi connectivity index (χ3v) is 3.40. The Bertz CT molecular complexity index is 456. The fourth-order valence-corrected chi connectivity index (χ4v) is 2.24. The molecule has 1 aromatic carbocycles. The Balaban J connectivity index is 2.52. The largest absolute Gasteiger partial charge is 0.466 e. The molecule has 0 radical (unpaired) electrons. The number of hydrogen-bond donors (Lipinski definition) is 0. The Kier molecular flexibility index (Phi) is 5.64. The summed E-state index contributed by atoms with van der Waals surface area (Å²) in [6, 6.07) is 5.04. The van der Waals surface area contributed by atoms with Gasteiger partial charge < -0.3 is 4.74 Å². The molecule has 0 aliphatic carbocycles. The average Bonchev–Trinajstić information content (AvgIpc) is 2.29. The maximum absolute atomic E-state index is 12.6. The Morgan fingerprint density at radius 2 is 1.89 bits per heavy atom. The van der Waals surface area contributed by atoms with Crippen LogP contribution in [-0.4, -0.2) is 28.3 Å². The van der Waals surface area contributed by atoms with Crippen LogP contribution < -0.4 is 0 Å². The molecule has 0 heterocycles. The van der Waals surface area contributed by atoms with E-state index in [1.807, 2.05) is 0 Å². The van der Waals surface area contributed by atoms with E-state index in [2.05, 4.69) is 4.74 Å². The molecule has 0 amide bonds. The van der Waals surface area contributed by atoms with Crippen molar-refractivity contribution in [3.63, 3.8) is 0 Å². The lowest BCUT2D eigenvalue weighted by Gasteiger charge is -2.02. The van der Waals surface area contributed by atoms with E-state index in [0.717, 1.165) is 0 Å². The first-order chi connectivity index (χ1) is 8.52. The van der Waals surface area contributed by atoms with E-state index in [-0.39, 0.29) is 18.8 Å². The van der Waals surface area contributed by atoms with Crippen molar-refractivity contribution in [3.8, 4) is 0 Å². The van der Waals surface area contributed by atoms with Gasteiger partial charge in [-0.15, -0.1) is 0 Å². The number of hydrogen-bond acceptors (Lipinski definition) is 4. The highest BCUT2D eigenvalue weighted by Crippen LogP contribution is 2.08. The van der Waals surface area contributed by atoms with Crippen LogP contribution in [0, 0.1) is 5.82 Å². The van der Waals surface area contributed by atoms with E-state index in [0.29, 0.717) is 4.90 Å². The number of benzene rings is 1. The third-order valence-electron chi connectivity index (χ3n) is 2.02. The fourth-order valence-electron chi connectivity index (χ4n) is 1.24. The lowest BCUT2D eigenvalue weighted by molar-refractivity contribution is -0.145. The van der Waals surface area contributed by atoms with Crippen LogP contribution in [0.3, 0.4) is 0 Å². The van der Waals surface area contributed by atoms with Crippen LogP contribution >= 0.6 is 0 Å². The lowest BCUT2D eigenvalue weighted by atomic mass is 10.3. The second kappa shape index (κ2) is 7.00. The fraction of sp³-hybridized carbons (Fsp3) is 0.333. The van der Waals surface area contributed by atoms with E-state index in [4.69, 9.17) is 0 Å². The van der Waals surface area contributed by atoms with E-state index >= 15 is 0 Å². The zero-order valence-corrected chi connectivity index (χ0v) is 10.7. The van der Waals surface area contributed by atoms with Crippen molar-refractivity contribution in [2.45, 2.75) is 18.2 Å². The van der Waals surface area contributed by atoms with Gasteiger partial charge in [-0.2, -0.15) is 0 Å². The number of ether oxygens (including phenoxy) is 1. The summed E-state index contributed by atoms with van der Waals surface area (Å²) in [7, 11) is -1.57. The van der Waals surface area contributed by atoms with Crippen LogP contribution in [0.5, 0.6) is 0 Å². The van der Waals surface area contributed by atoms with Crippen molar-refractivity contribution in [2.75, 3.05) is 12.4 Å². The molecule has 0 saturated carbocycles. The molecule has 4 nitrogen and oxygen atoms in total. The quantitative estimate of drug-likeness (QED) is 0.581. The molecule has 1 unspecified atom stereocenters. The second-order valence-electron chi connectivity index (χ2n) is 3.46. The van der Waals surface area contributed by atoms with E-state index in [1.165, 1.54) is 24.3 Å². The van der Waals surface area contributed by atoms with Gasteiger partial charge in [-0.1, -0.05) is 0 Å². The molecular formula is C12H13FO4S. The molecule has 1 atom stereocenters. The highest BCUT2D eigenvalue weighted by atomic mass is 32.2. The van der Waals surface area contributed by atoms with Gasteiger partial charge in [0.25, 0.3) is 0 Å². The minimum atomic E-state index is -1.57. The molecule has 0 aromatic heterocycles. The molecule has 6 heteroatoms. The number of halogens is 1. The van der Waals surface area contributed by atoms with Crippen molar-refractivity contribution >= 4 is 22.6 Å². The first kappa shape index (κ1) is 14.5. The van der Waals surface area contributed by atoms with Crippen LogP contribution in [0.15, 0.2) is 29.2 Å². The SMILES string of the molecule is CCOC(=O)CC(=O)CS(=O)c1ccc(F)cc1. The first-order valence-electron chi connectivity index (χ1n) is 5.34. The van der Waals surface area contributed by atoms with Crippen molar-refractivity contribution in [2.24, 2.45) is 0 Å². The van der Waals surface area contributed by atoms with Crippen LogP contribution in [-0.2, 0) is 25.1 Å². The van der Waals surface area contributed by atoms with Crippen molar-refractivity contribution < 1.29 is 22.9 Å². The smallest absolute Gasteiger partial charge is 0.313 e. The molecule has 0 aliphatic heterocycles. The predicted molar refractivity (Wildman–Crippen MR) is 63.9 cm³/mol. The summed E-state index contributed by atoms with van der Waals surface area (Å²) >= 11 is 0. The molecule has 98 valence electrons. The molecule has 1 rings (SSSR count). The first-order valence-corrected chi connectivity index (χ1v) is 6.66. The molecule has 0 bridgehead atoms. The van der Waals surface area contributed by atoms with Gasteiger partial charge in [-0.3, -0.25) is 13.8 Å². The standard InChI is InChI=1S/C12H13FO4S/c1-2-17-12(15)7-10(14)8-18(16)11-5-3-9(13)4-6-11/h3-6H,2,7-8H2,1H3. The van der Waals surface area contributed by atoms with Gasteiger partial charge in [-0.25, -0.2) is 4.39 Å². The second-order valence-corrected chi connectivity index (χ2v) is 4.92. The molecule has 0 fully saturated rings. The molecular weight excluding hydrogens is 259 g/mol. The van der Waals surface area contributed by atoms with E-state index in [9.17, 15) is 18.2 Å². The Labute approximate surface area is 107 Å². The zero-order chi connectivity index (χ0) is 13.5. The monoisotopic (exact) mass is 272 g/mol. The van der Waals surface area contributed by atoms with Gasteiger partial charge in [0, 0.05) is 4.90 Å². The van der Waals surface area contributed by atoms with Gasteiger partial charge in [-0.05, 0) is 31.2 Å². The minimum absolute atomic E-state index is 0.202. The summed E-state index contributed by atoms with van der Waals surface area (Å²) in [5, 5.41) is 0. The van der Waals surface area contributed by atoms with Gasteiger partial charge in [0.1, 0.15) is 12.2 Å². The highest BCUT2D eigenvalue weighted by molar-refractivity contribution is 7.85. The van der Waals surface area contributed by atoms with Crippen LogP contribution in [0.25, 0.3) is 0 Å². The third kappa shape index (κ3) is 4.75. The summed E-state index contributed by atoms with van der Waals surface area (Å²) in [6.07, 6.45) is -0.388. The molecule has 1 aromatic rings. The molecule has 0 N–H and O–H groups in total. The number of carbonyl (C=O) groups is 2. The summed E-state index contributed by atoms with van der Waals surface area (Å²) in [4.78, 5) is 22.8. The van der Waals surface area contributed by atoms with Crippen molar-refractivity contribution in [3.05, 3.63) is 30.1 Å². The number of esters is 1. The van der Waals surface area contributed by atoms with Gasteiger partial charge in [0.15, 0.2) is 5.78 Å². The molecule has 18 heavy (non-hydrogen) atoms. The highest BCUT2D eigenvalue weighted by Gasteiger charge is 2.14. The van der Waals surface area contributed by atoms with E-state index < -0.39 is 28.4 Å². The topological polar surface area (TPSA) is 60.4 Å².